The minimum atomic E-state index is -1.40. The number of hydrogen-bond acceptors (Lipinski definition) is 14. The van der Waals surface area contributed by atoms with Crippen LogP contribution < -0.4 is 0 Å². The van der Waals surface area contributed by atoms with Gasteiger partial charge in [-0.05, 0) is 24.6 Å². The van der Waals surface area contributed by atoms with Crippen LogP contribution in [0.5, 0.6) is 0 Å². The zero-order valence-corrected chi connectivity index (χ0v) is 30.4. The van der Waals surface area contributed by atoms with E-state index in [1.807, 2.05) is 91.9 Å². The van der Waals surface area contributed by atoms with Gasteiger partial charge in [0.15, 0.2) is 23.7 Å². The molecule has 4 aromatic rings. The van der Waals surface area contributed by atoms with Crippen molar-refractivity contribution in [2.24, 2.45) is 10.2 Å². The van der Waals surface area contributed by atoms with Gasteiger partial charge in [0, 0.05) is 38.8 Å². The van der Waals surface area contributed by atoms with Gasteiger partial charge in [-0.2, -0.15) is 10.4 Å². The van der Waals surface area contributed by atoms with Crippen LogP contribution in [-0.4, -0.2) is 65.3 Å². The maximum atomic E-state index is 12.5. The molecule has 2 heterocycles. The number of thioether (sulfide) groups is 1. The molecule has 0 N–H and O–H groups in total. The monoisotopic (exact) mass is 736 g/mol. The van der Waals surface area contributed by atoms with Crippen molar-refractivity contribution in [1.29, 1.82) is 5.26 Å². The topological polar surface area (TPSA) is 176 Å². The first-order valence-electron chi connectivity index (χ1n) is 16.5. The summed E-state index contributed by atoms with van der Waals surface area (Å²) in [5.74, 6) is -2.91. The van der Waals surface area contributed by atoms with E-state index in [1.54, 1.807) is 0 Å². The van der Waals surface area contributed by atoms with Crippen LogP contribution in [0.25, 0.3) is 22.4 Å². The number of aromatic nitrogens is 1. The van der Waals surface area contributed by atoms with E-state index >= 15 is 0 Å². The predicted octanol–water partition coefficient (Wildman–Crippen LogP) is 7.19. The summed E-state index contributed by atoms with van der Waals surface area (Å²) in [5.41, 5.74) is 2.94. The Hall–Kier alpha value is -5.91. The van der Waals surface area contributed by atoms with Gasteiger partial charge in [-0.1, -0.05) is 90.1 Å². The minimum Gasteiger partial charge on any atom is -0.463 e. The molecule has 0 bridgehead atoms. The van der Waals surface area contributed by atoms with Crippen LogP contribution in [-0.2, 0) is 42.9 Å². The lowest BCUT2D eigenvalue weighted by atomic mass is 9.96. The number of nitrogens with zero attached hydrogens (tertiary/aromatic N) is 4. The summed E-state index contributed by atoms with van der Waals surface area (Å²) in [4.78, 5) is 54.0. The number of aryl methyl sites for hydroxylation is 1. The molecule has 5 rings (SSSR count). The van der Waals surface area contributed by atoms with Crippen LogP contribution in [0.2, 0.25) is 0 Å². The van der Waals surface area contributed by atoms with Gasteiger partial charge in [-0.3, -0.25) is 19.2 Å². The first-order chi connectivity index (χ1) is 25.4. The molecule has 0 aliphatic carbocycles. The Labute approximate surface area is 310 Å². The minimum absolute atomic E-state index is 0.103. The summed E-state index contributed by atoms with van der Waals surface area (Å²) in [6.45, 7) is 6.20. The van der Waals surface area contributed by atoms with E-state index in [1.165, 1.54) is 6.92 Å². The van der Waals surface area contributed by atoms with Crippen LogP contribution >= 0.6 is 11.8 Å². The van der Waals surface area contributed by atoms with Gasteiger partial charge in [0.25, 0.3) is 0 Å². The third-order valence-corrected chi connectivity index (χ3v) is 8.97. The molecular weight excluding hydrogens is 701 g/mol. The van der Waals surface area contributed by atoms with Crippen molar-refractivity contribution in [2.75, 3.05) is 6.61 Å². The lowest BCUT2D eigenvalue weighted by Crippen LogP contribution is -2.61. The normalized spacial score (nSPS) is 19.5. The van der Waals surface area contributed by atoms with Crippen molar-refractivity contribution in [1.82, 2.24) is 4.98 Å². The average molecular weight is 737 g/mol. The summed E-state index contributed by atoms with van der Waals surface area (Å²) in [7, 11) is 0. The van der Waals surface area contributed by atoms with Crippen molar-refractivity contribution in [3.05, 3.63) is 96.1 Å². The Morgan fingerprint density at radius 3 is 1.89 bits per heavy atom. The molecule has 272 valence electrons. The fourth-order valence-electron chi connectivity index (χ4n) is 5.64. The van der Waals surface area contributed by atoms with E-state index in [9.17, 15) is 24.4 Å². The van der Waals surface area contributed by atoms with E-state index in [-0.39, 0.29) is 10.6 Å². The maximum absolute atomic E-state index is 12.5. The van der Waals surface area contributed by atoms with Crippen LogP contribution in [0, 0.1) is 18.3 Å². The van der Waals surface area contributed by atoms with Gasteiger partial charge in [-0.25, -0.2) is 4.98 Å². The van der Waals surface area contributed by atoms with Crippen LogP contribution in [0.4, 0.5) is 11.4 Å². The number of carbonyl (C=O) groups is 4. The van der Waals surface area contributed by atoms with Crippen molar-refractivity contribution in [2.45, 2.75) is 69.5 Å². The molecule has 1 saturated heterocycles. The second kappa shape index (κ2) is 17.5. The number of carbonyl (C=O) groups excluding carboxylic acids is 4. The molecule has 53 heavy (non-hydrogen) atoms. The lowest BCUT2D eigenvalue weighted by Gasteiger charge is -2.44. The fourth-order valence-corrected chi connectivity index (χ4v) is 6.81. The Bertz CT molecular complexity index is 2040. The van der Waals surface area contributed by atoms with Crippen LogP contribution in [0.3, 0.4) is 0 Å². The molecule has 0 saturated carbocycles. The van der Waals surface area contributed by atoms with Gasteiger partial charge < -0.3 is 23.7 Å². The summed E-state index contributed by atoms with van der Waals surface area (Å²) >= 11 is 0.920. The van der Waals surface area contributed by atoms with Crippen molar-refractivity contribution in [3.63, 3.8) is 0 Å². The van der Waals surface area contributed by atoms with Crippen LogP contribution in [0.1, 0.15) is 38.8 Å². The zero-order valence-electron chi connectivity index (χ0n) is 29.5. The molecule has 0 radical (unpaired) electrons. The van der Waals surface area contributed by atoms with Crippen LogP contribution in [0.15, 0.2) is 100 Å². The summed E-state index contributed by atoms with van der Waals surface area (Å²) in [5, 5.41) is 20.2. The van der Waals surface area contributed by atoms with E-state index in [2.05, 4.69) is 11.2 Å². The third-order valence-electron chi connectivity index (χ3n) is 7.84. The quantitative estimate of drug-likeness (QED) is 0.0862. The molecule has 1 aliphatic rings. The molecular formula is C39H36N4O9S. The molecule has 1 aromatic heterocycles. The number of ether oxygens (including phenoxy) is 5. The highest BCUT2D eigenvalue weighted by molar-refractivity contribution is 7.99. The third kappa shape index (κ3) is 9.70. The number of pyridine rings is 1. The largest absolute Gasteiger partial charge is 0.463 e. The van der Waals surface area contributed by atoms with Crippen molar-refractivity contribution in [3.8, 4) is 28.5 Å². The molecule has 14 heteroatoms. The molecule has 5 atom stereocenters. The van der Waals surface area contributed by atoms with Gasteiger partial charge in [0.1, 0.15) is 29.5 Å². The lowest BCUT2D eigenvalue weighted by molar-refractivity contribution is -0.237. The number of rotatable bonds is 11. The van der Waals surface area contributed by atoms with E-state index in [0.717, 1.165) is 38.1 Å². The van der Waals surface area contributed by atoms with Gasteiger partial charge >= 0.3 is 23.9 Å². The van der Waals surface area contributed by atoms with Gasteiger partial charge in [-0.15, -0.1) is 5.11 Å². The predicted molar refractivity (Wildman–Crippen MR) is 193 cm³/mol. The Balaban J connectivity index is 1.74. The smallest absolute Gasteiger partial charge is 0.303 e. The molecule has 0 unspecified atom stereocenters. The van der Waals surface area contributed by atoms with Crippen molar-refractivity contribution >= 4 is 47.0 Å². The summed E-state index contributed by atoms with van der Waals surface area (Å²) in [6.07, 6.45) is -5.31. The SMILES string of the molecule is CC(=O)OC[C@H]1O[C@@H](Sc2nc(-c3ccccc3)c(N=Nc3ccc(C)cc3)c(-c3ccccc3)c2C#N)[C@H](OC(C)=O)[C@@H](OC(C)=O)[C@@H]1OC(C)=O. The van der Waals surface area contributed by atoms with Crippen molar-refractivity contribution < 1.29 is 42.9 Å². The first-order valence-corrected chi connectivity index (χ1v) is 17.4. The fraction of sp³-hybridized carbons (Fsp3) is 0.282. The molecule has 1 aliphatic heterocycles. The number of hydrogen-bond donors (Lipinski definition) is 0. The standard InChI is InChI=1S/C39H36N4O9S/c1-22-16-18-29(19-17-22)42-43-34-32(27-12-8-6-9-13-27)30(20-40)38(41-33(34)28-14-10-7-11-15-28)53-39-37(51-26(5)47)36(50-25(4)46)35(49-24(3)45)31(52-39)21-48-23(2)44/h6-19,31,35-37,39H,21H2,1-5H3/t31-,35-,36+,37-,39+/m1/s1. The highest BCUT2D eigenvalue weighted by atomic mass is 32.2. The number of benzene rings is 3. The molecule has 1 fully saturated rings. The first kappa shape index (κ1) is 38.3. The zero-order chi connectivity index (χ0) is 38.1. The van der Waals surface area contributed by atoms with Gasteiger partial charge in [0.2, 0.25) is 0 Å². The number of esters is 4. The Morgan fingerprint density at radius 1 is 0.755 bits per heavy atom. The van der Waals surface area contributed by atoms with E-state index in [0.29, 0.717) is 33.8 Å². The molecule has 0 amide bonds. The number of azo groups is 1. The van der Waals surface area contributed by atoms with E-state index < -0.39 is 60.3 Å². The highest BCUT2D eigenvalue weighted by Gasteiger charge is 2.53. The molecule has 0 spiro atoms. The average Bonchev–Trinajstić information content (AvgIpc) is 3.13. The number of nitriles is 1. The Morgan fingerprint density at radius 2 is 1.32 bits per heavy atom. The Kier molecular flexibility index (Phi) is 12.7. The molecule has 3 aromatic carbocycles. The summed E-state index contributed by atoms with van der Waals surface area (Å²) in [6, 6.07) is 28.2. The second-order valence-corrected chi connectivity index (χ2v) is 13.0. The molecule has 13 nitrogen and oxygen atoms in total. The second-order valence-electron chi connectivity index (χ2n) is 11.9. The van der Waals surface area contributed by atoms with Gasteiger partial charge in [0.05, 0.1) is 16.9 Å². The highest BCUT2D eigenvalue weighted by Crippen LogP contribution is 2.46. The summed E-state index contributed by atoms with van der Waals surface area (Å²) < 4.78 is 28.4. The van der Waals surface area contributed by atoms with E-state index in [4.69, 9.17) is 33.8 Å². The maximum Gasteiger partial charge on any atom is 0.303 e.